The molecule has 172 valence electrons. The van der Waals surface area contributed by atoms with E-state index in [4.69, 9.17) is 4.84 Å². The van der Waals surface area contributed by atoms with Gasteiger partial charge in [-0.25, -0.2) is 18.6 Å². The zero-order valence-electron chi connectivity index (χ0n) is 17.9. The van der Waals surface area contributed by atoms with Gasteiger partial charge in [0.1, 0.15) is 17.7 Å². The molecule has 2 aliphatic rings. The number of carbonyl (C=O) groups is 1. The smallest absolute Gasteiger partial charge is 0.411 e. The maximum Gasteiger partial charge on any atom is 0.411 e. The van der Waals surface area contributed by atoms with Gasteiger partial charge in [-0.15, -0.1) is 11.3 Å². The number of ether oxygens (including phenoxy) is 1. The summed E-state index contributed by atoms with van der Waals surface area (Å²) in [6.45, 7) is 1.80. The Kier molecular flexibility index (Phi) is 7.19. The van der Waals surface area contributed by atoms with Crippen molar-refractivity contribution in [1.82, 2.24) is 4.98 Å². The summed E-state index contributed by atoms with van der Waals surface area (Å²) >= 11 is 1.64. The van der Waals surface area contributed by atoms with Gasteiger partial charge in [0, 0.05) is 43.6 Å². The molecule has 1 aromatic heterocycles. The van der Waals surface area contributed by atoms with Crippen molar-refractivity contribution in [2.45, 2.75) is 50.5 Å². The van der Waals surface area contributed by atoms with Crippen LogP contribution in [0.3, 0.4) is 0 Å². The summed E-state index contributed by atoms with van der Waals surface area (Å²) in [5.41, 5.74) is 1.06. The Morgan fingerprint density at radius 1 is 1.19 bits per heavy atom. The molecule has 7 nitrogen and oxygen atoms in total. The number of hydrogen-bond acceptors (Lipinski definition) is 7. The van der Waals surface area contributed by atoms with Crippen LogP contribution in [0.15, 0.2) is 28.9 Å². The van der Waals surface area contributed by atoms with Gasteiger partial charge in [-0.2, -0.15) is 0 Å². The molecule has 1 aromatic carbocycles. The maximum absolute atomic E-state index is 14.6. The van der Waals surface area contributed by atoms with E-state index in [9.17, 15) is 13.6 Å². The molecular weight excluding hydrogens is 438 g/mol. The minimum absolute atomic E-state index is 0.0952. The van der Waals surface area contributed by atoms with Crippen LogP contribution in [0, 0.1) is 11.6 Å². The Morgan fingerprint density at radius 3 is 2.59 bits per heavy atom. The molecule has 4 rings (SSSR count). The van der Waals surface area contributed by atoms with Gasteiger partial charge in [0.05, 0.1) is 18.5 Å². The average Bonchev–Trinajstić information content (AvgIpc) is 3.35. The van der Waals surface area contributed by atoms with Crippen molar-refractivity contribution >= 4 is 34.0 Å². The Hall–Kier alpha value is -2.75. The SMILES string of the molecule is COC(=O)Nc1cc(F)c(C2CCC(=NOC3CCN(c4nccs4)CC3)CC2)cc1F. The number of hydrogen-bond donors (Lipinski definition) is 1. The molecule has 32 heavy (non-hydrogen) atoms. The fourth-order valence-corrected chi connectivity index (χ4v) is 4.86. The van der Waals surface area contributed by atoms with Crippen LogP contribution >= 0.6 is 11.3 Å². The van der Waals surface area contributed by atoms with Crippen molar-refractivity contribution in [2.24, 2.45) is 5.16 Å². The summed E-state index contributed by atoms with van der Waals surface area (Å²) in [6, 6.07) is 2.17. The van der Waals surface area contributed by atoms with E-state index in [0.29, 0.717) is 31.2 Å². The summed E-state index contributed by atoms with van der Waals surface area (Å²) in [7, 11) is 1.16. The number of oxime groups is 1. The first-order valence-electron chi connectivity index (χ1n) is 10.7. The first-order valence-corrected chi connectivity index (χ1v) is 11.6. The highest BCUT2D eigenvalue weighted by atomic mass is 32.1. The average molecular weight is 465 g/mol. The van der Waals surface area contributed by atoms with Gasteiger partial charge in [-0.05, 0) is 43.2 Å². The third kappa shape index (κ3) is 5.35. The fourth-order valence-electron chi connectivity index (χ4n) is 4.16. The standard InChI is InChI=1S/C22H26F2N4O3S/c1-30-22(29)26-20-13-18(23)17(12-19(20)24)14-2-4-15(5-3-14)27-31-16-6-9-28(10-7-16)21-25-8-11-32-21/h8,11-14,16H,2-7,9-10H2,1H3,(H,26,29). The minimum Gasteiger partial charge on any atom is -0.453 e. The Bertz CT molecular complexity index is 952. The number of piperidine rings is 1. The van der Waals surface area contributed by atoms with E-state index in [1.807, 2.05) is 11.6 Å². The highest BCUT2D eigenvalue weighted by molar-refractivity contribution is 7.13. The molecule has 1 N–H and O–H groups in total. The van der Waals surface area contributed by atoms with E-state index in [1.165, 1.54) is 6.07 Å². The summed E-state index contributed by atoms with van der Waals surface area (Å²) in [4.78, 5) is 23.7. The quantitative estimate of drug-likeness (QED) is 0.608. The number of nitrogens with one attached hydrogen (secondary N) is 1. The normalized spacial score (nSPS) is 19.5. The Labute approximate surface area is 189 Å². The summed E-state index contributed by atoms with van der Waals surface area (Å²) in [5.74, 6) is -1.32. The van der Waals surface area contributed by atoms with E-state index in [2.05, 4.69) is 25.1 Å². The molecule has 1 saturated carbocycles. The van der Waals surface area contributed by atoms with Crippen LogP contribution in [-0.2, 0) is 9.57 Å². The first kappa shape index (κ1) is 22.4. The molecule has 10 heteroatoms. The zero-order chi connectivity index (χ0) is 22.5. The fraction of sp³-hybridized carbons (Fsp3) is 0.500. The maximum atomic E-state index is 14.6. The van der Waals surface area contributed by atoms with Crippen molar-refractivity contribution < 1.29 is 23.1 Å². The Morgan fingerprint density at radius 2 is 1.94 bits per heavy atom. The Balaban J connectivity index is 1.27. The summed E-state index contributed by atoms with van der Waals surface area (Å²) in [6.07, 6.45) is 5.58. The molecule has 2 fully saturated rings. The van der Waals surface area contributed by atoms with Gasteiger partial charge >= 0.3 is 6.09 Å². The number of halogens is 2. The molecule has 1 amide bonds. The molecular formula is C22H26F2N4O3S. The van der Waals surface area contributed by atoms with E-state index in [0.717, 1.165) is 50.0 Å². The monoisotopic (exact) mass is 464 g/mol. The zero-order valence-corrected chi connectivity index (χ0v) is 18.7. The second-order valence-corrected chi connectivity index (χ2v) is 8.88. The number of rotatable bonds is 5. The molecule has 2 aromatic rings. The van der Waals surface area contributed by atoms with Crippen LogP contribution in [-0.4, -0.2) is 43.1 Å². The van der Waals surface area contributed by atoms with E-state index in [1.54, 1.807) is 11.3 Å². The molecule has 0 radical (unpaired) electrons. The minimum atomic E-state index is -0.844. The number of methoxy groups -OCH3 is 1. The number of carbonyl (C=O) groups excluding carboxylic acids is 1. The number of benzene rings is 1. The third-order valence-corrected chi connectivity index (χ3v) is 6.81. The lowest BCUT2D eigenvalue weighted by Gasteiger charge is -2.30. The number of anilines is 2. The topological polar surface area (TPSA) is 76.1 Å². The lowest BCUT2D eigenvalue weighted by Crippen LogP contribution is -2.36. The number of amides is 1. The number of nitrogens with zero attached hydrogens (tertiary/aromatic N) is 3. The van der Waals surface area contributed by atoms with Gasteiger partial charge < -0.3 is 14.5 Å². The molecule has 2 heterocycles. The van der Waals surface area contributed by atoms with Crippen molar-refractivity contribution in [1.29, 1.82) is 0 Å². The number of aromatic nitrogens is 1. The summed E-state index contributed by atoms with van der Waals surface area (Å²) < 4.78 is 33.3. The lowest BCUT2D eigenvalue weighted by molar-refractivity contribution is 0.0408. The third-order valence-electron chi connectivity index (χ3n) is 5.97. The van der Waals surface area contributed by atoms with Gasteiger partial charge in [-0.1, -0.05) is 5.16 Å². The molecule has 1 aliphatic heterocycles. The van der Waals surface area contributed by atoms with Crippen LogP contribution in [0.5, 0.6) is 0 Å². The first-order chi connectivity index (χ1) is 15.5. The molecule has 0 bridgehead atoms. The van der Waals surface area contributed by atoms with Crippen molar-refractivity contribution in [3.05, 3.63) is 40.9 Å². The number of thiazole rings is 1. The molecule has 0 spiro atoms. The highest BCUT2D eigenvalue weighted by Crippen LogP contribution is 2.35. The second-order valence-electron chi connectivity index (χ2n) is 8.01. The largest absolute Gasteiger partial charge is 0.453 e. The lowest BCUT2D eigenvalue weighted by atomic mass is 9.83. The van der Waals surface area contributed by atoms with Crippen LogP contribution in [0.1, 0.15) is 50.0 Å². The highest BCUT2D eigenvalue weighted by Gasteiger charge is 2.26. The van der Waals surface area contributed by atoms with E-state index in [-0.39, 0.29) is 17.7 Å². The van der Waals surface area contributed by atoms with Gasteiger partial charge in [0.15, 0.2) is 5.13 Å². The van der Waals surface area contributed by atoms with Crippen molar-refractivity contribution in [3.63, 3.8) is 0 Å². The predicted octanol–water partition coefficient (Wildman–Crippen LogP) is 5.30. The van der Waals surface area contributed by atoms with E-state index < -0.39 is 17.7 Å². The van der Waals surface area contributed by atoms with Gasteiger partial charge in [0.25, 0.3) is 0 Å². The van der Waals surface area contributed by atoms with Crippen LogP contribution in [0.2, 0.25) is 0 Å². The van der Waals surface area contributed by atoms with Gasteiger partial charge in [0.2, 0.25) is 0 Å². The molecule has 0 unspecified atom stereocenters. The second kappa shape index (κ2) is 10.2. The molecule has 0 atom stereocenters. The van der Waals surface area contributed by atoms with Crippen molar-refractivity contribution in [3.8, 4) is 0 Å². The van der Waals surface area contributed by atoms with E-state index >= 15 is 0 Å². The van der Waals surface area contributed by atoms with Crippen LogP contribution in [0.4, 0.5) is 24.4 Å². The van der Waals surface area contributed by atoms with Crippen LogP contribution < -0.4 is 10.2 Å². The van der Waals surface area contributed by atoms with Gasteiger partial charge in [-0.3, -0.25) is 5.32 Å². The van der Waals surface area contributed by atoms with Crippen molar-refractivity contribution in [2.75, 3.05) is 30.4 Å². The summed E-state index contributed by atoms with van der Waals surface area (Å²) in [5, 5.41) is 9.58. The molecule has 1 saturated heterocycles. The molecule has 1 aliphatic carbocycles. The van der Waals surface area contributed by atoms with Crippen LogP contribution in [0.25, 0.3) is 0 Å². The predicted molar refractivity (Wildman–Crippen MR) is 119 cm³/mol.